The monoisotopic (exact) mass is 371 g/mol. The Morgan fingerprint density at radius 1 is 1.00 bits per heavy atom. The number of hydrogen-bond acceptors (Lipinski definition) is 4. The average Bonchev–Trinajstić information content (AvgIpc) is 3.12. The first-order valence-corrected chi connectivity index (χ1v) is 9.41. The second-order valence-corrected chi connectivity index (χ2v) is 7.36. The summed E-state index contributed by atoms with van der Waals surface area (Å²) in [6, 6.07) is 14.9. The van der Waals surface area contributed by atoms with Gasteiger partial charge in [-0.1, -0.05) is 48.0 Å². The first-order valence-electron chi connectivity index (χ1n) is 9.03. The molecule has 0 unspecified atom stereocenters. The molecule has 0 saturated carbocycles. The van der Waals surface area contributed by atoms with Crippen LogP contribution in [0.25, 0.3) is 0 Å². The quantitative estimate of drug-likeness (QED) is 0.764. The van der Waals surface area contributed by atoms with Crippen LogP contribution in [-0.2, 0) is 16.0 Å². The van der Waals surface area contributed by atoms with Gasteiger partial charge in [0.2, 0.25) is 0 Å². The van der Waals surface area contributed by atoms with Crippen molar-refractivity contribution in [1.82, 2.24) is 4.90 Å². The number of piperidine rings is 1. The van der Waals surface area contributed by atoms with Crippen LogP contribution in [0.4, 0.5) is 0 Å². The maximum Gasteiger partial charge on any atom is 0.193 e. The van der Waals surface area contributed by atoms with E-state index in [1.807, 2.05) is 24.3 Å². The van der Waals surface area contributed by atoms with Crippen molar-refractivity contribution in [2.75, 3.05) is 26.3 Å². The second kappa shape index (κ2) is 7.49. The van der Waals surface area contributed by atoms with Crippen LogP contribution in [-0.4, -0.2) is 42.8 Å². The van der Waals surface area contributed by atoms with Crippen molar-refractivity contribution in [1.29, 1.82) is 0 Å². The van der Waals surface area contributed by atoms with Gasteiger partial charge in [-0.25, -0.2) is 0 Å². The van der Waals surface area contributed by atoms with Gasteiger partial charge < -0.3 is 9.47 Å². The molecule has 0 N–H and O–H groups in total. The molecule has 136 valence electrons. The fourth-order valence-electron chi connectivity index (χ4n) is 3.65. The highest BCUT2D eigenvalue weighted by molar-refractivity contribution is 6.31. The lowest BCUT2D eigenvalue weighted by molar-refractivity contribution is -0.185. The van der Waals surface area contributed by atoms with Gasteiger partial charge in [0.1, 0.15) is 0 Å². The van der Waals surface area contributed by atoms with Crippen LogP contribution in [0.5, 0.6) is 0 Å². The predicted molar refractivity (Wildman–Crippen MR) is 100 cm³/mol. The molecule has 2 aromatic rings. The first-order chi connectivity index (χ1) is 12.6. The predicted octanol–water partition coefficient (Wildman–Crippen LogP) is 3.91. The number of likely N-dealkylation sites (tertiary alicyclic amines) is 1. The Morgan fingerprint density at radius 2 is 1.69 bits per heavy atom. The summed E-state index contributed by atoms with van der Waals surface area (Å²) in [6.07, 6.45) is 1.83. The lowest BCUT2D eigenvalue weighted by Gasteiger charge is -2.37. The zero-order valence-corrected chi connectivity index (χ0v) is 15.4. The largest absolute Gasteiger partial charge is 0.347 e. The van der Waals surface area contributed by atoms with E-state index < -0.39 is 0 Å². The first kappa shape index (κ1) is 17.7. The highest BCUT2D eigenvalue weighted by atomic mass is 35.5. The molecule has 0 amide bonds. The molecule has 2 aliphatic rings. The lowest BCUT2D eigenvalue weighted by Crippen LogP contribution is -2.44. The van der Waals surface area contributed by atoms with E-state index in [1.54, 1.807) is 24.3 Å². The molecule has 0 radical (unpaired) electrons. The van der Waals surface area contributed by atoms with Crippen LogP contribution in [0.2, 0.25) is 5.02 Å². The minimum absolute atomic E-state index is 0.00510. The van der Waals surface area contributed by atoms with Gasteiger partial charge in [-0.3, -0.25) is 9.69 Å². The van der Waals surface area contributed by atoms with E-state index in [0.29, 0.717) is 29.4 Å². The molecule has 4 rings (SSSR count). The Labute approximate surface area is 158 Å². The van der Waals surface area contributed by atoms with Crippen LogP contribution >= 0.6 is 11.6 Å². The van der Waals surface area contributed by atoms with Crippen molar-refractivity contribution in [2.24, 2.45) is 0 Å². The molecule has 0 bridgehead atoms. The third-order valence-electron chi connectivity index (χ3n) is 5.14. The molecule has 5 heteroatoms. The third kappa shape index (κ3) is 3.84. The number of ketones is 1. The number of carbonyl (C=O) groups excluding carboxylic acids is 1. The second-order valence-electron chi connectivity index (χ2n) is 6.92. The summed E-state index contributed by atoms with van der Waals surface area (Å²) < 4.78 is 11.6. The van der Waals surface area contributed by atoms with Crippen molar-refractivity contribution < 1.29 is 14.3 Å². The van der Waals surface area contributed by atoms with Crippen LogP contribution in [0.1, 0.15) is 34.3 Å². The average molecular weight is 372 g/mol. The van der Waals surface area contributed by atoms with E-state index in [1.165, 1.54) is 5.56 Å². The van der Waals surface area contributed by atoms with Crippen molar-refractivity contribution >= 4 is 17.4 Å². The summed E-state index contributed by atoms with van der Waals surface area (Å²) in [7, 11) is 0. The van der Waals surface area contributed by atoms with Gasteiger partial charge >= 0.3 is 0 Å². The van der Waals surface area contributed by atoms with Gasteiger partial charge in [0.05, 0.1) is 13.2 Å². The molecule has 2 aromatic carbocycles. The Morgan fingerprint density at radius 3 is 2.35 bits per heavy atom. The Hall–Kier alpha value is -1.72. The molecule has 0 aromatic heterocycles. The summed E-state index contributed by atoms with van der Waals surface area (Å²) in [5.74, 6) is -0.335. The molecular weight excluding hydrogens is 350 g/mol. The third-order valence-corrected chi connectivity index (χ3v) is 5.38. The number of carbonyl (C=O) groups is 1. The van der Waals surface area contributed by atoms with E-state index in [2.05, 4.69) is 4.90 Å². The van der Waals surface area contributed by atoms with Crippen molar-refractivity contribution in [2.45, 2.75) is 25.2 Å². The van der Waals surface area contributed by atoms with E-state index in [-0.39, 0.29) is 11.6 Å². The summed E-state index contributed by atoms with van der Waals surface area (Å²) in [4.78, 5) is 15.0. The minimum Gasteiger partial charge on any atom is -0.347 e. The Balaban J connectivity index is 1.37. The standard InChI is InChI=1S/C21H22ClNO3/c22-19-3-1-2-18(14-19)20(24)17-6-4-16(5-7-17)15-23-10-8-21(9-11-23)25-12-13-26-21/h1-7,14H,8-13,15H2. The SMILES string of the molecule is O=C(c1ccc(CN2CCC3(CC2)OCCO3)cc1)c1cccc(Cl)c1. The van der Waals surface area contributed by atoms with Crippen LogP contribution in [0, 0.1) is 0 Å². The summed E-state index contributed by atoms with van der Waals surface area (Å²) in [5.41, 5.74) is 2.50. The van der Waals surface area contributed by atoms with E-state index in [0.717, 1.165) is 32.5 Å². The number of halogens is 1. The zero-order chi connectivity index (χ0) is 18.0. The van der Waals surface area contributed by atoms with Gasteiger partial charge in [-0.15, -0.1) is 0 Å². The molecule has 2 saturated heterocycles. The van der Waals surface area contributed by atoms with Gasteiger partial charge in [-0.05, 0) is 17.7 Å². The summed E-state index contributed by atoms with van der Waals surface area (Å²) in [6.45, 7) is 4.22. The van der Waals surface area contributed by atoms with Gasteiger partial charge in [-0.2, -0.15) is 0 Å². The number of nitrogens with zero attached hydrogens (tertiary/aromatic N) is 1. The lowest BCUT2D eigenvalue weighted by atomic mass is 10.0. The maximum absolute atomic E-state index is 12.5. The van der Waals surface area contributed by atoms with Crippen molar-refractivity contribution in [3.8, 4) is 0 Å². The molecule has 2 fully saturated rings. The minimum atomic E-state index is -0.330. The normalized spacial score (nSPS) is 19.7. The van der Waals surface area contributed by atoms with Crippen molar-refractivity contribution in [3.63, 3.8) is 0 Å². The Bertz CT molecular complexity index is 774. The number of ether oxygens (including phenoxy) is 2. The topological polar surface area (TPSA) is 38.8 Å². The molecule has 0 atom stereocenters. The molecule has 2 aliphatic heterocycles. The number of hydrogen-bond donors (Lipinski definition) is 0. The zero-order valence-electron chi connectivity index (χ0n) is 14.6. The number of rotatable bonds is 4. The Kier molecular flexibility index (Phi) is 5.09. The fraction of sp³-hybridized carbons (Fsp3) is 0.381. The summed E-state index contributed by atoms with van der Waals surface area (Å²) in [5, 5.41) is 0.575. The highest BCUT2D eigenvalue weighted by Crippen LogP contribution is 2.31. The van der Waals surface area contributed by atoms with E-state index in [4.69, 9.17) is 21.1 Å². The van der Waals surface area contributed by atoms with Crippen molar-refractivity contribution in [3.05, 3.63) is 70.2 Å². The smallest absolute Gasteiger partial charge is 0.193 e. The van der Waals surface area contributed by atoms with E-state index >= 15 is 0 Å². The van der Waals surface area contributed by atoms with Gasteiger partial charge in [0.25, 0.3) is 0 Å². The van der Waals surface area contributed by atoms with E-state index in [9.17, 15) is 4.79 Å². The van der Waals surface area contributed by atoms with Gasteiger partial charge in [0, 0.05) is 48.6 Å². The molecular formula is C21H22ClNO3. The highest BCUT2D eigenvalue weighted by Gasteiger charge is 2.39. The van der Waals surface area contributed by atoms with Gasteiger partial charge in [0.15, 0.2) is 11.6 Å². The molecule has 1 spiro atoms. The fourth-order valence-corrected chi connectivity index (χ4v) is 3.84. The molecule has 2 heterocycles. The molecule has 26 heavy (non-hydrogen) atoms. The molecule has 0 aliphatic carbocycles. The maximum atomic E-state index is 12.5. The van der Waals surface area contributed by atoms with Crippen LogP contribution in [0.3, 0.4) is 0 Å². The van der Waals surface area contributed by atoms with Crippen LogP contribution in [0.15, 0.2) is 48.5 Å². The number of benzene rings is 2. The summed E-state index contributed by atoms with van der Waals surface area (Å²) >= 11 is 5.98. The van der Waals surface area contributed by atoms with Crippen LogP contribution < -0.4 is 0 Å². The molecule has 4 nitrogen and oxygen atoms in total.